The van der Waals surface area contributed by atoms with E-state index in [1.165, 1.54) is 11.8 Å². The molecule has 0 aliphatic rings. The summed E-state index contributed by atoms with van der Waals surface area (Å²) in [7, 11) is 1.55. The van der Waals surface area contributed by atoms with Crippen molar-refractivity contribution < 1.29 is 14.7 Å². The van der Waals surface area contributed by atoms with Crippen molar-refractivity contribution in [3.05, 3.63) is 0 Å². The van der Waals surface area contributed by atoms with Crippen molar-refractivity contribution in [3.8, 4) is 0 Å². The van der Waals surface area contributed by atoms with Gasteiger partial charge < -0.3 is 10.0 Å². The summed E-state index contributed by atoms with van der Waals surface area (Å²) in [4.78, 5) is 24.0. The van der Waals surface area contributed by atoms with Crippen molar-refractivity contribution >= 4 is 23.6 Å². The van der Waals surface area contributed by atoms with Crippen molar-refractivity contribution in [1.29, 1.82) is 0 Å². The van der Waals surface area contributed by atoms with Gasteiger partial charge in [0.15, 0.2) is 0 Å². The smallest absolute Gasteiger partial charge is 0.326 e. The van der Waals surface area contributed by atoms with E-state index in [1.54, 1.807) is 7.05 Å². The van der Waals surface area contributed by atoms with Gasteiger partial charge in [-0.2, -0.15) is 11.8 Å². The van der Waals surface area contributed by atoms with Crippen LogP contribution in [0.5, 0.6) is 0 Å². The Morgan fingerprint density at radius 1 is 1.28 bits per heavy atom. The molecule has 0 radical (unpaired) electrons. The van der Waals surface area contributed by atoms with Crippen LogP contribution in [0, 0.1) is 0 Å². The first-order valence-electron chi connectivity index (χ1n) is 6.23. The number of nitrogens with zero attached hydrogens (tertiary/aromatic N) is 1. The van der Waals surface area contributed by atoms with Crippen LogP contribution in [0.15, 0.2) is 0 Å². The third-order valence-electron chi connectivity index (χ3n) is 2.83. The molecule has 1 N–H and O–H groups in total. The van der Waals surface area contributed by atoms with Gasteiger partial charge in [-0.3, -0.25) is 4.79 Å². The molecule has 0 aliphatic heterocycles. The minimum atomic E-state index is -0.971. The van der Waals surface area contributed by atoms with Crippen molar-refractivity contribution in [3.63, 3.8) is 0 Å². The molecule has 0 unspecified atom stereocenters. The summed E-state index contributed by atoms with van der Waals surface area (Å²) >= 11 is 1.84. The summed E-state index contributed by atoms with van der Waals surface area (Å²) in [5.41, 5.74) is 0. The van der Waals surface area contributed by atoms with Crippen LogP contribution >= 0.6 is 11.8 Å². The highest BCUT2D eigenvalue weighted by Crippen LogP contribution is 2.32. The Balaban J connectivity index is 4.29. The first kappa shape index (κ1) is 17.3. The summed E-state index contributed by atoms with van der Waals surface area (Å²) < 4.78 is 0.0388. The van der Waals surface area contributed by atoms with Gasteiger partial charge in [-0.05, 0) is 18.6 Å². The number of amides is 1. The van der Waals surface area contributed by atoms with Gasteiger partial charge in [-0.25, -0.2) is 4.79 Å². The van der Waals surface area contributed by atoms with E-state index < -0.39 is 12.0 Å². The fourth-order valence-electron chi connectivity index (χ4n) is 1.66. The lowest BCUT2D eigenvalue weighted by Gasteiger charge is -2.28. The lowest BCUT2D eigenvalue weighted by atomic mass is 10.1. The lowest BCUT2D eigenvalue weighted by molar-refractivity contribution is -0.148. The van der Waals surface area contributed by atoms with Crippen LogP contribution in [0.25, 0.3) is 0 Å². The number of carboxylic acids is 1. The molecular formula is C13H25NO3S. The fraction of sp³-hybridized carbons (Fsp3) is 0.846. The van der Waals surface area contributed by atoms with Crippen molar-refractivity contribution in [2.75, 3.05) is 7.05 Å². The Labute approximate surface area is 114 Å². The molecule has 0 saturated carbocycles. The summed E-state index contributed by atoms with van der Waals surface area (Å²) in [6, 6.07) is -0.765. The van der Waals surface area contributed by atoms with Gasteiger partial charge in [0.25, 0.3) is 0 Å². The minimum Gasteiger partial charge on any atom is -0.480 e. The van der Waals surface area contributed by atoms with Crippen LogP contribution in [0.3, 0.4) is 0 Å². The molecule has 5 heteroatoms. The SMILES string of the molecule is CC(C)SC(C)(C)CCC(=O)N(C)[C@@H](C)C(=O)O. The normalized spacial score (nSPS) is 13.5. The van der Waals surface area contributed by atoms with Gasteiger partial charge in [-0.15, -0.1) is 0 Å². The molecule has 0 aromatic rings. The zero-order chi connectivity index (χ0) is 14.5. The van der Waals surface area contributed by atoms with Gasteiger partial charge >= 0.3 is 5.97 Å². The second-order valence-electron chi connectivity index (χ2n) is 5.45. The highest BCUT2D eigenvalue weighted by molar-refractivity contribution is 8.01. The van der Waals surface area contributed by atoms with Gasteiger partial charge in [0.2, 0.25) is 5.91 Å². The zero-order valence-electron chi connectivity index (χ0n) is 12.2. The Kier molecular flexibility index (Phi) is 6.74. The number of likely N-dealkylation sites (N-methyl/N-ethyl adjacent to an activating group) is 1. The van der Waals surface area contributed by atoms with Gasteiger partial charge in [0.05, 0.1) is 0 Å². The topological polar surface area (TPSA) is 57.6 Å². The van der Waals surface area contributed by atoms with E-state index >= 15 is 0 Å². The molecule has 0 spiro atoms. The van der Waals surface area contributed by atoms with Crippen molar-refractivity contribution in [2.45, 2.75) is 63.5 Å². The second kappa shape index (κ2) is 7.02. The predicted molar refractivity (Wildman–Crippen MR) is 75.9 cm³/mol. The predicted octanol–water partition coefficient (Wildman–Crippen LogP) is 2.62. The highest BCUT2D eigenvalue weighted by Gasteiger charge is 2.25. The minimum absolute atomic E-state index is 0.0388. The molecule has 18 heavy (non-hydrogen) atoms. The maximum Gasteiger partial charge on any atom is 0.326 e. The van der Waals surface area contributed by atoms with E-state index in [2.05, 4.69) is 27.7 Å². The number of thioether (sulfide) groups is 1. The van der Waals surface area contributed by atoms with E-state index in [0.29, 0.717) is 11.7 Å². The second-order valence-corrected chi connectivity index (χ2v) is 7.73. The van der Waals surface area contributed by atoms with Gasteiger partial charge in [0, 0.05) is 18.2 Å². The molecule has 0 saturated heterocycles. The number of hydrogen-bond acceptors (Lipinski definition) is 3. The van der Waals surface area contributed by atoms with E-state index in [4.69, 9.17) is 5.11 Å². The Morgan fingerprint density at radius 3 is 2.17 bits per heavy atom. The number of rotatable bonds is 7. The zero-order valence-corrected chi connectivity index (χ0v) is 13.0. The maximum atomic E-state index is 11.9. The van der Waals surface area contributed by atoms with Crippen LogP contribution in [-0.4, -0.2) is 45.0 Å². The summed E-state index contributed by atoms with van der Waals surface area (Å²) in [5, 5.41) is 9.37. The number of aliphatic carboxylic acids is 1. The van der Waals surface area contributed by atoms with Crippen LogP contribution < -0.4 is 0 Å². The van der Waals surface area contributed by atoms with Crippen LogP contribution in [0.4, 0.5) is 0 Å². The number of hydrogen-bond donors (Lipinski definition) is 1. The fourth-order valence-corrected chi connectivity index (χ4v) is 3.16. The molecule has 0 fully saturated rings. The molecule has 0 aromatic heterocycles. The third kappa shape index (κ3) is 6.28. The molecule has 1 atom stereocenters. The average Bonchev–Trinajstić information content (AvgIpc) is 2.21. The molecule has 106 valence electrons. The van der Waals surface area contributed by atoms with Gasteiger partial charge in [0.1, 0.15) is 6.04 Å². The first-order chi connectivity index (χ1) is 8.07. The quantitative estimate of drug-likeness (QED) is 0.776. The number of carbonyl (C=O) groups excluding carboxylic acids is 1. The molecular weight excluding hydrogens is 250 g/mol. The van der Waals surface area contributed by atoms with E-state index in [-0.39, 0.29) is 10.7 Å². The maximum absolute atomic E-state index is 11.9. The summed E-state index contributed by atoms with van der Waals surface area (Å²) in [6.45, 7) is 10.0. The molecule has 0 bridgehead atoms. The molecule has 1 amide bonds. The molecule has 0 rings (SSSR count). The average molecular weight is 275 g/mol. The molecule has 4 nitrogen and oxygen atoms in total. The number of carbonyl (C=O) groups is 2. The Hall–Kier alpha value is -0.710. The van der Waals surface area contributed by atoms with Crippen LogP contribution in [-0.2, 0) is 9.59 Å². The van der Waals surface area contributed by atoms with Crippen LogP contribution in [0.1, 0.15) is 47.5 Å². The molecule has 0 aromatic carbocycles. The molecule has 0 aliphatic carbocycles. The van der Waals surface area contributed by atoms with Gasteiger partial charge in [-0.1, -0.05) is 27.7 Å². The first-order valence-corrected chi connectivity index (χ1v) is 7.11. The van der Waals surface area contributed by atoms with E-state index in [0.717, 1.165) is 6.42 Å². The van der Waals surface area contributed by atoms with Crippen LogP contribution in [0.2, 0.25) is 0 Å². The highest BCUT2D eigenvalue weighted by atomic mass is 32.2. The molecule has 0 heterocycles. The number of carboxylic acid groups (broad SMARTS) is 1. The van der Waals surface area contributed by atoms with Crippen molar-refractivity contribution in [2.24, 2.45) is 0 Å². The standard InChI is InChI=1S/C13H25NO3S/c1-9(2)18-13(4,5)8-7-11(15)14(6)10(3)12(16)17/h9-10H,7-8H2,1-6H3,(H,16,17)/t10-/m0/s1. The summed E-state index contributed by atoms with van der Waals surface area (Å²) in [6.07, 6.45) is 1.15. The lowest BCUT2D eigenvalue weighted by Crippen LogP contribution is -2.40. The Morgan fingerprint density at radius 2 is 1.78 bits per heavy atom. The largest absolute Gasteiger partial charge is 0.480 e. The van der Waals surface area contributed by atoms with E-state index in [9.17, 15) is 9.59 Å². The monoisotopic (exact) mass is 275 g/mol. The summed E-state index contributed by atoms with van der Waals surface area (Å²) in [5.74, 6) is -1.08. The van der Waals surface area contributed by atoms with Crippen molar-refractivity contribution in [1.82, 2.24) is 4.90 Å². The third-order valence-corrected chi connectivity index (χ3v) is 4.14. The Bertz CT molecular complexity index is 303. The van der Waals surface area contributed by atoms with E-state index in [1.807, 2.05) is 11.8 Å².